The van der Waals surface area contributed by atoms with Crippen LogP contribution >= 0.6 is 7.92 Å². The van der Waals surface area contributed by atoms with Gasteiger partial charge in [0, 0.05) is 13.2 Å². The average molecular weight is 156 g/mol. The first-order chi connectivity index (χ1) is 4.61. The zero-order valence-corrected chi connectivity index (χ0v) is 7.81. The van der Waals surface area contributed by atoms with Gasteiger partial charge in [0.2, 0.25) is 0 Å². The van der Waals surface area contributed by atoms with Gasteiger partial charge in [0.25, 0.3) is 0 Å². The zero-order chi connectivity index (χ0) is 7.72. The van der Waals surface area contributed by atoms with Crippen LogP contribution in [0.15, 0.2) is 6.20 Å². The summed E-state index contributed by atoms with van der Waals surface area (Å²) in [5, 5.41) is 4.36. The van der Waals surface area contributed by atoms with E-state index in [2.05, 4.69) is 31.5 Å². The minimum atomic E-state index is -0.0275. The Morgan fingerprint density at radius 2 is 2.10 bits per heavy atom. The van der Waals surface area contributed by atoms with E-state index in [-0.39, 0.29) is 7.92 Å². The lowest BCUT2D eigenvalue weighted by Gasteiger charge is -1.99. The summed E-state index contributed by atoms with van der Waals surface area (Å²) < 4.78 is 1.88. The lowest BCUT2D eigenvalue weighted by Crippen LogP contribution is -2.05. The minimum absolute atomic E-state index is 0.0275. The average Bonchev–Trinajstić information content (AvgIpc) is 2.10. The van der Waals surface area contributed by atoms with Gasteiger partial charge in [-0.1, -0.05) is 7.92 Å². The highest BCUT2D eigenvalue weighted by atomic mass is 31.1. The van der Waals surface area contributed by atoms with Crippen molar-refractivity contribution >= 4 is 13.4 Å². The van der Waals surface area contributed by atoms with Crippen LogP contribution in [-0.4, -0.2) is 23.1 Å². The first-order valence-corrected chi connectivity index (χ1v) is 5.52. The lowest BCUT2D eigenvalue weighted by atomic mass is 10.4. The van der Waals surface area contributed by atoms with Gasteiger partial charge >= 0.3 is 0 Å². The molecule has 0 spiro atoms. The molecular weight excluding hydrogens is 143 g/mol. The van der Waals surface area contributed by atoms with Crippen LogP contribution in [0.5, 0.6) is 0 Å². The molecule has 10 heavy (non-hydrogen) atoms. The molecule has 0 aliphatic heterocycles. The highest BCUT2D eigenvalue weighted by molar-refractivity contribution is 7.63. The maximum Gasteiger partial charge on any atom is 0.0874 e. The van der Waals surface area contributed by atoms with Crippen molar-refractivity contribution in [2.45, 2.75) is 6.92 Å². The molecule has 0 atom stereocenters. The van der Waals surface area contributed by atoms with Crippen molar-refractivity contribution in [3.8, 4) is 0 Å². The molecule has 0 fully saturated rings. The summed E-state index contributed by atoms with van der Waals surface area (Å²) in [6, 6.07) is 0. The second kappa shape index (κ2) is 2.71. The van der Waals surface area contributed by atoms with Crippen LogP contribution in [0.1, 0.15) is 5.56 Å². The van der Waals surface area contributed by atoms with Crippen molar-refractivity contribution in [2.24, 2.45) is 7.05 Å². The fourth-order valence-electron chi connectivity index (χ4n) is 1.04. The number of rotatable bonds is 1. The molecule has 0 aliphatic carbocycles. The van der Waals surface area contributed by atoms with Crippen LogP contribution in [0.3, 0.4) is 0 Å². The van der Waals surface area contributed by atoms with Gasteiger partial charge in [-0.25, -0.2) is 0 Å². The summed E-state index contributed by atoms with van der Waals surface area (Å²) in [5.74, 6) is 0. The molecule has 0 amide bonds. The third kappa shape index (κ3) is 1.38. The normalized spacial score (nSPS) is 10.9. The summed E-state index contributed by atoms with van der Waals surface area (Å²) in [6.45, 7) is 6.57. The summed E-state index contributed by atoms with van der Waals surface area (Å²) in [7, 11) is 1.94. The molecule has 0 unspecified atom stereocenters. The quantitative estimate of drug-likeness (QED) is 0.556. The number of nitrogens with zero attached hydrogens (tertiary/aromatic N) is 2. The van der Waals surface area contributed by atoms with Gasteiger partial charge in [-0.2, -0.15) is 5.10 Å². The molecule has 0 radical (unpaired) electrons. The molecule has 1 rings (SSSR count). The molecule has 0 saturated carbocycles. The summed E-state index contributed by atoms with van der Waals surface area (Å²) in [6.07, 6.45) is 2.07. The third-order valence-corrected chi connectivity index (χ3v) is 2.70. The Kier molecular flexibility index (Phi) is 2.10. The van der Waals surface area contributed by atoms with Crippen LogP contribution < -0.4 is 5.44 Å². The second-order valence-corrected chi connectivity index (χ2v) is 4.92. The van der Waals surface area contributed by atoms with Gasteiger partial charge < -0.3 is 0 Å². The Bertz CT molecular complexity index is 228. The molecule has 56 valence electrons. The van der Waals surface area contributed by atoms with Crippen LogP contribution in [0.2, 0.25) is 0 Å². The minimum Gasteiger partial charge on any atom is -0.275 e. The Balaban J connectivity index is 3.03. The topological polar surface area (TPSA) is 17.8 Å². The summed E-state index contributed by atoms with van der Waals surface area (Å²) in [4.78, 5) is 0. The number of hydrogen-bond acceptors (Lipinski definition) is 1. The van der Waals surface area contributed by atoms with E-state index in [0.29, 0.717) is 0 Å². The maximum absolute atomic E-state index is 4.36. The number of aryl methyl sites for hydroxylation is 2. The monoisotopic (exact) mass is 156 g/mol. The van der Waals surface area contributed by atoms with Gasteiger partial charge in [0.05, 0.1) is 5.44 Å². The van der Waals surface area contributed by atoms with E-state index in [1.165, 1.54) is 11.0 Å². The highest BCUT2D eigenvalue weighted by Gasteiger charge is 2.05. The van der Waals surface area contributed by atoms with Crippen molar-refractivity contribution in [1.82, 2.24) is 9.78 Å². The predicted molar refractivity (Wildman–Crippen MR) is 46.3 cm³/mol. The number of aromatic nitrogens is 2. The van der Waals surface area contributed by atoms with Gasteiger partial charge in [-0.05, 0) is 25.8 Å². The van der Waals surface area contributed by atoms with Crippen molar-refractivity contribution in [3.63, 3.8) is 0 Å². The van der Waals surface area contributed by atoms with Crippen LogP contribution in [-0.2, 0) is 7.05 Å². The van der Waals surface area contributed by atoms with Crippen molar-refractivity contribution < 1.29 is 0 Å². The molecule has 0 aliphatic rings. The Hall–Kier alpha value is -0.360. The third-order valence-electron chi connectivity index (χ3n) is 1.41. The van der Waals surface area contributed by atoms with Gasteiger partial charge in [-0.3, -0.25) is 4.68 Å². The Labute approximate surface area is 63.0 Å². The van der Waals surface area contributed by atoms with E-state index >= 15 is 0 Å². The molecule has 2 nitrogen and oxygen atoms in total. The Morgan fingerprint density at radius 1 is 1.50 bits per heavy atom. The van der Waals surface area contributed by atoms with E-state index in [1.54, 1.807) is 0 Å². The standard InChI is InChI=1S/C7H13N2P/c1-6-5-9(2)8-7(6)10(3)4/h5H,1-4H3. The zero-order valence-electron chi connectivity index (χ0n) is 6.92. The van der Waals surface area contributed by atoms with Crippen molar-refractivity contribution in [2.75, 3.05) is 13.3 Å². The first kappa shape index (κ1) is 7.74. The van der Waals surface area contributed by atoms with Gasteiger partial charge in [0.1, 0.15) is 0 Å². The molecule has 1 heterocycles. The number of hydrogen-bond donors (Lipinski definition) is 0. The largest absolute Gasteiger partial charge is 0.275 e. The van der Waals surface area contributed by atoms with E-state index < -0.39 is 0 Å². The van der Waals surface area contributed by atoms with Gasteiger partial charge in [-0.15, -0.1) is 0 Å². The molecule has 0 N–H and O–H groups in total. The molecular formula is C7H13N2P. The second-order valence-electron chi connectivity index (χ2n) is 2.70. The first-order valence-electron chi connectivity index (χ1n) is 3.29. The molecule has 3 heteroatoms. The summed E-state index contributed by atoms with van der Waals surface area (Å²) in [5.41, 5.74) is 2.59. The highest BCUT2D eigenvalue weighted by Crippen LogP contribution is 2.23. The smallest absolute Gasteiger partial charge is 0.0874 e. The van der Waals surface area contributed by atoms with Crippen molar-refractivity contribution in [3.05, 3.63) is 11.8 Å². The van der Waals surface area contributed by atoms with Crippen LogP contribution in [0.25, 0.3) is 0 Å². The van der Waals surface area contributed by atoms with Gasteiger partial charge in [0.15, 0.2) is 0 Å². The van der Waals surface area contributed by atoms with E-state index in [4.69, 9.17) is 0 Å². The lowest BCUT2D eigenvalue weighted by molar-refractivity contribution is 0.775. The van der Waals surface area contributed by atoms with E-state index in [0.717, 1.165) is 0 Å². The SMILES string of the molecule is Cc1cn(C)nc1P(C)C. The fraction of sp³-hybridized carbons (Fsp3) is 0.571. The molecule has 0 aromatic carbocycles. The molecule has 1 aromatic rings. The Morgan fingerprint density at radius 3 is 2.30 bits per heavy atom. The van der Waals surface area contributed by atoms with Crippen LogP contribution in [0.4, 0.5) is 0 Å². The molecule has 1 aromatic heterocycles. The molecule has 0 saturated heterocycles. The van der Waals surface area contributed by atoms with Crippen LogP contribution in [0, 0.1) is 6.92 Å². The fourth-order valence-corrected chi connectivity index (χ4v) is 2.12. The van der Waals surface area contributed by atoms with Crippen molar-refractivity contribution in [1.29, 1.82) is 0 Å². The predicted octanol–water partition coefficient (Wildman–Crippen LogP) is 1.10. The van der Waals surface area contributed by atoms with E-state index in [9.17, 15) is 0 Å². The summed E-state index contributed by atoms with van der Waals surface area (Å²) >= 11 is 0. The van der Waals surface area contributed by atoms with E-state index in [1.807, 2.05) is 11.7 Å². The molecule has 0 bridgehead atoms. The maximum atomic E-state index is 4.36.